The summed E-state index contributed by atoms with van der Waals surface area (Å²) >= 11 is 0. The van der Waals surface area contributed by atoms with Gasteiger partial charge in [0.1, 0.15) is 5.75 Å². The van der Waals surface area contributed by atoms with E-state index >= 15 is 0 Å². The van der Waals surface area contributed by atoms with Gasteiger partial charge < -0.3 is 19.1 Å². The van der Waals surface area contributed by atoms with Crippen LogP contribution in [0.2, 0.25) is 0 Å². The van der Waals surface area contributed by atoms with E-state index in [9.17, 15) is 18.4 Å². The van der Waals surface area contributed by atoms with Gasteiger partial charge in [0.15, 0.2) is 23.9 Å². The summed E-state index contributed by atoms with van der Waals surface area (Å²) in [5, 5.41) is 0. The molecule has 0 saturated heterocycles. The molecule has 0 heterocycles. The second-order valence-electron chi connectivity index (χ2n) is 8.12. The molecule has 8 heteroatoms. The number of nitrogens with zero attached hydrogens (tertiary/aromatic N) is 1. The van der Waals surface area contributed by atoms with Gasteiger partial charge in [-0.3, -0.25) is 9.59 Å². The van der Waals surface area contributed by atoms with Gasteiger partial charge in [-0.15, -0.1) is 0 Å². The van der Waals surface area contributed by atoms with E-state index in [0.29, 0.717) is 23.4 Å². The first-order valence-corrected chi connectivity index (χ1v) is 11.2. The Morgan fingerprint density at radius 2 is 1.63 bits per heavy atom. The Balaban J connectivity index is 1.37. The third kappa shape index (κ3) is 6.35. The molecule has 1 saturated carbocycles. The molecule has 0 N–H and O–H groups in total. The Hall–Kier alpha value is -3.94. The number of benzene rings is 3. The Kier molecular flexibility index (Phi) is 7.60. The Morgan fingerprint density at radius 1 is 0.943 bits per heavy atom. The predicted octanol–water partition coefficient (Wildman–Crippen LogP) is 5.10. The van der Waals surface area contributed by atoms with Crippen LogP contribution in [0.15, 0.2) is 72.8 Å². The lowest BCUT2D eigenvalue weighted by Gasteiger charge is -2.23. The Morgan fingerprint density at radius 3 is 2.26 bits per heavy atom. The molecule has 3 aromatic rings. The van der Waals surface area contributed by atoms with Crippen molar-refractivity contribution in [2.24, 2.45) is 0 Å². The molecule has 4 rings (SSSR count). The molecule has 0 radical (unpaired) electrons. The van der Waals surface area contributed by atoms with Crippen LogP contribution in [-0.2, 0) is 11.3 Å². The fraction of sp³-hybridized carbons (Fsp3) is 0.259. The predicted molar refractivity (Wildman–Crippen MR) is 125 cm³/mol. The number of hydrogen-bond donors (Lipinski definition) is 0. The Labute approximate surface area is 202 Å². The summed E-state index contributed by atoms with van der Waals surface area (Å²) in [7, 11) is 1.37. The van der Waals surface area contributed by atoms with Crippen LogP contribution in [0.4, 0.5) is 8.78 Å². The van der Waals surface area contributed by atoms with E-state index < -0.39 is 6.61 Å². The number of carbonyl (C=O) groups is 2. The summed E-state index contributed by atoms with van der Waals surface area (Å²) in [5.41, 5.74) is 1.86. The number of carbonyl (C=O) groups excluding carboxylic acids is 2. The lowest BCUT2D eigenvalue weighted by molar-refractivity contribution is -0.134. The maximum Gasteiger partial charge on any atom is 0.387 e. The van der Waals surface area contributed by atoms with Crippen LogP contribution in [0.25, 0.3) is 0 Å². The number of halogens is 2. The van der Waals surface area contributed by atoms with Gasteiger partial charge in [-0.25, -0.2) is 0 Å². The lowest BCUT2D eigenvalue weighted by Crippen LogP contribution is -2.36. The number of methoxy groups -OCH3 is 1. The third-order valence-electron chi connectivity index (χ3n) is 5.62. The van der Waals surface area contributed by atoms with Crippen molar-refractivity contribution in [3.05, 3.63) is 89.5 Å². The van der Waals surface area contributed by atoms with Crippen molar-refractivity contribution in [2.75, 3.05) is 13.7 Å². The number of amides is 1. The van der Waals surface area contributed by atoms with Gasteiger partial charge >= 0.3 is 6.61 Å². The minimum Gasteiger partial charge on any atom is -0.493 e. The molecule has 1 fully saturated rings. The molecule has 1 amide bonds. The minimum atomic E-state index is -2.96. The highest BCUT2D eigenvalue weighted by Crippen LogP contribution is 2.32. The van der Waals surface area contributed by atoms with Crippen LogP contribution < -0.4 is 14.2 Å². The number of rotatable bonds is 11. The molecule has 0 spiro atoms. The summed E-state index contributed by atoms with van der Waals surface area (Å²) in [5.74, 6) is 0.312. The van der Waals surface area contributed by atoms with Gasteiger partial charge in [-0.1, -0.05) is 36.4 Å². The molecule has 6 nitrogen and oxygen atoms in total. The lowest BCUT2D eigenvalue weighted by atomic mass is 10.0. The molecule has 0 atom stereocenters. The van der Waals surface area contributed by atoms with Crippen LogP contribution in [0.3, 0.4) is 0 Å². The van der Waals surface area contributed by atoms with Crippen molar-refractivity contribution in [1.82, 2.24) is 4.90 Å². The summed E-state index contributed by atoms with van der Waals surface area (Å²) in [6, 6.07) is 20.4. The molecular weight excluding hydrogens is 456 g/mol. The van der Waals surface area contributed by atoms with Crippen molar-refractivity contribution >= 4 is 11.7 Å². The number of hydrogen-bond acceptors (Lipinski definition) is 5. The molecule has 35 heavy (non-hydrogen) atoms. The standard InChI is InChI=1S/C27H25F2NO5/c1-33-24-15-18(7-14-23(24)35-27(28)29)16-30(21-10-11-21)25(31)17-34-22-12-8-20(9-13-22)26(32)19-5-3-2-4-6-19/h2-9,12-15,21,27H,10-11,16-17H2,1H3. The SMILES string of the molecule is COc1cc(CN(C(=O)COc2ccc(C(=O)c3ccccc3)cc2)C2CC2)ccc1OC(F)F. The number of alkyl halides is 2. The van der Waals surface area contributed by atoms with Crippen molar-refractivity contribution in [3.63, 3.8) is 0 Å². The van der Waals surface area contributed by atoms with E-state index in [0.717, 1.165) is 18.4 Å². The van der Waals surface area contributed by atoms with Crippen LogP contribution in [0, 0.1) is 0 Å². The van der Waals surface area contributed by atoms with Crippen molar-refractivity contribution in [2.45, 2.75) is 32.0 Å². The first-order valence-electron chi connectivity index (χ1n) is 11.2. The Bertz CT molecular complexity index is 1160. The molecule has 3 aromatic carbocycles. The summed E-state index contributed by atoms with van der Waals surface area (Å²) in [6.07, 6.45) is 1.79. The van der Waals surface area contributed by atoms with E-state index in [2.05, 4.69) is 4.74 Å². The zero-order valence-electron chi connectivity index (χ0n) is 19.2. The highest BCUT2D eigenvalue weighted by Gasteiger charge is 2.33. The van der Waals surface area contributed by atoms with E-state index in [1.165, 1.54) is 13.2 Å². The van der Waals surface area contributed by atoms with Crippen LogP contribution in [0.5, 0.6) is 17.2 Å². The smallest absolute Gasteiger partial charge is 0.387 e. The molecule has 0 aliphatic heterocycles. The molecule has 1 aliphatic rings. The third-order valence-corrected chi connectivity index (χ3v) is 5.62. The van der Waals surface area contributed by atoms with E-state index in [4.69, 9.17) is 9.47 Å². The van der Waals surface area contributed by atoms with Gasteiger partial charge in [-0.05, 0) is 54.8 Å². The van der Waals surface area contributed by atoms with Crippen LogP contribution >= 0.6 is 0 Å². The van der Waals surface area contributed by atoms with E-state index in [1.54, 1.807) is 53.4 Å². The first-order chi connectivity index (χ1) is 16.9. The average molecular weight is 481 g/mol. The second kappa shape index (κ2) is 11.0. The van der Waals surface area contributed by atoms with Crippen molar-refractivity contribution < 1.29 is 32.6 Å². The first kappa shape index (κ1) is 24.2. The van der Waals surface area contributed by atoms with Gasteiger partial charge in [0.2, 0.25) is 0 Å². The van der Waals surface area contributed by atoms with Crippen LogP contribution in [0.1, 0.15) is 34.3 Å². The maximum atomic E-state index is 12.9. The van der Waals surface area contributed by atoms with E-state index in [1.807, 2.05) is 18.2 Å². The highest BCUT2D eigenvalue weighted by molar-refractivity contribution is 6.09. The van der Waals surface area contributed by atoms with Gasteiger partial charge in [0, 0.05) is 23.7 Å². The van der Waals surface area contributed by atoms with Crippen LogP contribution in [-0.4, -0.2) is 43.0 Å². The van der Waals surface area contributed by atoms with Gasteiger partial charge in [-0.2, -0.15) is 8.78 Å². The molecular formula is C27H25F2NO5. The minimum absolute atomic E-state index is 0.0620. The summed E-state index contributed by atoms with van der Waals surface area (Å²) in [6.45, 7) is -2.82. The number of ketones is 1. The topological polar surface area (TPSA) is 65.1 Å². The fourth-order valence-electron chi connectivity index (χ4n) is 3.69. The quantitative estimate of drug-likeness (QED) is 0.357. The molecule has 0 aromatic heterocycles. The molecule has 1 aliphatic carbocycles. The summed E-state index contributed by atoms with van der Waals surface area (Å²) < 4.78 is 40.4. The largest absolute Gasteiger partial charge is 0.493 e. The van der Waals surface area contributed by atoms with Crippen molar-refractivity contribution in [3.8, 4) is 17.2 Å². The molecule has 0 bridgehead atoms. The van der Waals surface area contributed by atoms with Crippen molar-refractivity contribution in [1.29, 1.82) is 0 Å². The second-order valence-corrected chi connectivity index (χ2v) is 8.12. The van der Waals surface area contributed by atoms with E-state index in [-0.39, 0.29) is 35.8 Å². The normalized spacial score (nSPS) is 12.8. The fourth-order valence-corrected chi connectivity index (χ4v) is 3.69. The highest BCUT2D eigenvalue weighted by atomic mass is 19.3. The molecule has 182 valence electrons. The maximum absolute atomic E-state index is 12.9. The number of ether oxygens (including phenoxy) is 3. The van der Waals surface area contributed by atoms with Gasteiger partial charge in [0.25, 0.3) is 5.91 Å². The zero-order valence-corrected chi connectivity index (χ0v) is 19.2. The van der Waals surface area contributed by atoms with Gasteiger partial charge in [0.05, 0.1) is 7.11 Å². The zero-order chi connectivity index (χ0) is 24.8. The summed E-state index contributed by atoms with van der Waals surface area (Å²) in [4.78, 5) is 27.2. The molecule has 0 unspecified atom stereocenters. The monoisotopic (exact) mass is 481 g/mol. The average Bonchev–Trinajstić information content (AvgIpc) is 3.72.